The molecule has 4 heteroatoms. The molecule has 112 valence electrons. The predicted molar refractivity (Wildman–Crippen MR) is 82.0 cm³/mol. The van der Waals surface area contributed by atoms with Crippen molar-refractivity contribution in [3.05, 3.63) is 23.9 Å². The molecule has 0 aromatic carbocycles. The number of ether oxygens (including phenoxy) is 1. The van der Waals surface area contributed by atoms with Crippen molar-refractivity contribution in [2.24, 2.45) is 0 Å². The third-order valence-corrected chi connectivity index (χ3v) is 3.65. The van der Waals surface area contributed by atoms with Crippen molar-refractivity contribution < 1.29 is 4.74 Å². The molecular weight excluding hydrogens is 250 g/mol. The van der Waals surface area contributed by atoms with Crippen molar-refractivity contribution in [2.45, 2.75) is 51.7 Å². The van der Waals surface area contributed by atoms with Gasteiger partial charge in [0.2, 0.25) is 5.88 Å². The van der Waals surface area contributed by atoms with Gasteiger partial charge in [-0.25, -0.2) is 4.98 Å². The first-order valence-corrected chi connectivity index (χ1v) is 7.91. The lowest BCUT2D eigenvalue weighted by atomic mass is 9.96. The van der Waals surface area contributed by atoms with Crippen LogP contribution < -0.4 is 15.4 Å². The number of aromatic nitrogens is 1. The van der Waals surface area contributed by atoms with E-state index in [2.05, 4.69) is 28.6 Å². The molecular formula is C16H27N3O. The fourth-order valence-electron chi connectivity index (χ4n) is 2.12. The molecule has 0 bridgehead atoms. The quantitative estimate of drug-likeness (QED) is 0.645. The average molecular weight is 277 g/mol. The van der Waals surface area contributed by atoms with Gasteiger partial charge in [-0.2, -0.15) is 0 Å². The molecule has 1 saturated carbocycles. The molecule has 0 aliphatic heterocycles. The highest BCUT2D eigenvalue weighted by Gasteiger charge is 2.19. The first-order chi connectivity index (χ1) is 9.88. The van der Waals surface area contributed by atoms with E-state index in [0.29, 0.717) is 6.10 Å². The van der Waals surface area contributed by atoms with Gasteiger partial charge in [0, 0.05) is 31.9 Å². The zero-order valence-electron chi connectivity index (χ0n) is 12.5. The van der Waals surface area contributed by atoms with Gasteiger partial charge in [-0.3, -0.25) is 0 Å². The van der Waals surface area contributed by atoms with Crippen molar-refractivity contribution in [1.29, 1.82) is 0 Å². The molecule has 0 radical (unpaired) electrons. The smallest absolute Gasteiger partial charge is 0.213 e. The van der Waals surface area contributed by atoms with E-state index in [1.807, 2.05) is 12.3 Å². The number of pyridine rings is 1. The maximum Gasteiger partial charge on any atom is 0.213 e. The van der Waals surface area contributed by atoms with Crippen LogP contribution >= 0.6 is 0 Å². The number of hydrogen-bond donors (Lipinski definition) is 2. The molecule has 2 N–H and O–H groups in total. The van der Waals surface area contributed by atoms with Gasteiger partial charge in [-0.15, -0.1) is 0 Å². The summed E-state index contributed by atoms with van der Waals surface area (Å²) in [6.45, 7) is 6.22. The zero-order valence-corrected chi connectivity index (χ0v) is 12.5. The Morgan fingerprint density at radius 2 is 2.10 bits per heavy atom. The van der Waals surface area contributed by atoms with Gasteiger partial charge in [-0.05, 0) is 43.9 Å². The monoisotopic (exact) mass is 277 g/mol. The highest BCUT2D eigenvalue weighted by atomic mass is 16.5. The lowest BCUT2D eigenvalue weighted by Gasteiger charge is -2.25. The predicted octanol–water partition coefficient (Wildman–Crippen LogP) is 2.49. The van der Waals surface area contributed by atoms with E-state index in [-0.39, 0.29) is 0 Å². The number of hydrogen-bond acceptors (Lipinski definition) is 4. The largest absolute Gasteiger partial charge is 0.474 e. The van der Waals surface area contributed by atoms with Gasteiger partial charge in [0.05, 0.1) is 0 Å². The van der Waals surface area contributed by atoms with Gasteiger partial charge in [0.15, 0.2) is 0 Å². The van der Waals surface area contributed by atoms with Gasteiger partial charge >= 0.3 is 0 Å². The van der Waals surface area contributed by atoms with Crippen LogP contribution in [0.15, 0.2) is 18.3 Å². The Labute approximate surface area is 122 Å². The Hall–Kier alpha value is -1.13. The summed E-state index contributed by atoms with van der Waals surface area (Å²) in [5.41, 5.74) is 1.24. The maximum atomic E-state index is 5.81. The zero-order chi connectivity index (χ0) is 14.0. The van der Waals surface area contributed by atoms with E-state index in [0.717, 1.165) is 32.1 Å². The van der Waals surface area contributed by atoms with Crippen LogP contribution in [0, 0.1) is 0 Å². The molecule has 1 aliphatic rings. The molecule has 1 aliphatic carbocycles. The molecule has 1 heterocycles. The molecule has 4 nitrogen and oxygen atoms in total. The minimum atomic E-state index is 0.397. The van der Waals surface area contributed by atoms with Crippen molar-refractivity contribution >= 4 is 0 Å². The van der Waals surface area contributed by atoms with E-state index in [4.69, 9.17) is 4.74 Å². The lowest BCUT2D eigenvalue weighted by molar-refractivity contribution is 0.114. The van der Waals surface area contributed by atoms with Crippen LogP contribution in [-0.4, -0.2) is 30.7 Å². The number of nitrogens with one attached hydrogen (secondary N) is 2. The van der Waals surface area contributed by atoms with Crippen LogP contribution in [0.25, 0.3) is 0 Å². The Morgan fingerprint density at radius 3 is 2.85 bits per heavy atom. The Morgan fingerprint density at radius 1 is 1.25 bits per heavy atom. The molecule has 20 heavy (non-hydrogen) atoms. The first-order valence-electron chi connectivity index (χ1n) is 7.91. The second kappa shape index (κ2) is 8.93. The molecule has 0 atom stereocenters. The summed E-state index contributed by atoms with van der Waals surface area (Å²) in [6.07, 6.45) is 8.38. The summed E-state index contributed by atoms with van der Waals surface area (Å²) in [4.78, 5) is 4.28. The second-order valence-electron chi connectivity index (χ2n) is 5.45. The van der Waals surface area contributed by atoms with Crippen LogP contribution in [0.2, 0.25) is 0 Å². The number of unbranched alkanes of at least 4 members (excludes halogenated alkanes) is 1. The first kappa shape index (κ1) is 15.3. The van der Waals surface area contributed by atoms with Gasteiger partial charge in [-0.1, -0.05) is 13.3 Å². The van der Waals surface area contributed by atoms with Crippen molar-refractivity contribution in [2.75, 3.05) is 19.6 Å². The standard InChI is InChI=1S/C16H27N3O/c1-2-3-8-17-10-11-18-13-14-7-9-19-16(12-14)20-15-5-4-6-15/h7,9,12,15,17-18H,2-6,8,10-11,13H2,1H3. The van der Waals surface area contributed by atoms with E-state index in [9.17, 15) is 0 Å². The summed E-state index contributed by atoms with van der Waals surface area (Å²) in [7, 11) is 0. The van der Waals surface area contributed by atoms with Crippen molar-refractivity contribution in [3.8, 4) is 5.88 Å². The molecule has 0 spiro atoms. The summed E-state index contributed by atoms with van der Waals surface area (Å²) < 4.78 is 5.81. The van der Waals surface area contributed by atoms with Crippen LogP contribution in [0.1, 0.15) is 44.6 Å². The summed E-state index contributed by atoms with van der Waals surface area (Å²) >= 11 is 0. The van der Waals surface area contributed by atoms with Crippen molar-refractivity contribution in [1.82, 2.24) is 15.6 Å². The fourth-order valence-corrected chi connectivity index (χ4v) is 2.12. The minimum absolute atomic E-state index is 0.397. The third-order valence-electron chi connectivity index (χ3n) is 3.65. The van der Waals surface area contributed by atoms with Crippen molar-refractivity contribution in [3.63, 3.8) is 0 Å². The van der Waals surface area contributed by atoms with E-state index in [1.54, 1.807) is 0 Å². The van der Waals surface area contributed by atoms with Gasteiger partial charge < -0.3 is 15.4 Å². The summed E-state index contributed by atoms with van der Waals surface area (Å²) in [6, 6.07) is 4.10. The third kappa shape index (κ3) is 5.47. The molecule has 1 aromatic rings. The average Bonchev–Trinajstić information content (AvgIpc) is 2.42. The Kier molecular flexibility index (Phi) is 6.81. The Bertz CT molecular complexity index is 380. The van der Waals surface area contributed by atoms with Gasteiger partial charge in [0.25, 0.3) is 0 Å². The van der Waals surface area contributed by atoms with Crippen LogP contribution in [-0.2, 0) is 6.54 Å². The normalized spacial score (nSPS) is 15.1. The molecule has 1 fully saturated rings. The SMILES string of the molecule is CCCCNCCNCc1ccnc(OC2CCC2)c1. The summed E-state index contributed by atoms with van der Waals surface area (Å²) in [5, 5.41) is 6.87. The Balaban J connectivity index is 1.61. The second-order valence-corrected chi connectivity index (χ2v) is 5.45. The summed E-state index contributed by atoms with van der Waals surface area (Å²) in [5.74, 6) is 0.773. The number of rotatable bonds is 10. The molecule has 0 saturated heterocycles. The number of nitrogens with zero attached hydrogens (tertiary/aromatic N) is 1. The van der Waals surface area contributed by atoms with Crippen LogP contribution in [0.3, 0.4) is 0 Å². The molecule has 1 aromatic heterocycles. The van der Waals surface area contributed by atoms with Gasteiger partial charge in [0.1, 0.15) is 6.10 Å². The van der Waals surface area contributed by atoms with E-state index < -0.39 is 0 Å². The van der Waals surface area contributed by atoms with Crippen LogP contribution in [0.4, 0.5) is 0 Å². The fraction of sp³-hybridized carbons (Fsp3) is 0.688. The highest BCUT2D eigenvalue weighted by molar-refractivity contribution is 5.20. The minimum Gasteiger partial charge on any atom is -0.474 e. The highest BCUT2D eigenvalue weighted by Crippen LogP contribution is 2.24. The van der Waals surface area contributed by atoms with E-state index in [1.165, 1.54) is 37.7 Å². The lowest BCUT2D eigenvalue weighted by Crippen LogP contribution is -2.27. The topological polar surface area (TPSA) is 46.2 Å². The van der Waals surface area contributed by atoms with E-state index >= 15 is 0 Å². The molecule has 0 amide bonds. The van der Waals surface area contributed by atoms with Crippen LogP contribution in [0.5, 0.6) is 5.88 Å². The molecule has 2 rings (SSSR count). The maximum absolute atomic E-state index is 5.81. The molecule has 0 unspecified atom stereocenters.